The maximum Gasteiger partial charge on any atom is 0.152 e. The molecule has 2 aliphatic rings. The number of para-hydroxylation sites is 1. The van der Waals surface area contributed by atoms with E-state index in [-0.39, 0.29) is 0 Å². The van der Waals surface area contributed by atoms with Gasteiger partial charge in [0.15, 0.2) is 6.29 Å². The molecule has 1 heterocycles. The Bertz CT molecular complexity index is 420. The third-order valence-electron chi connectivity index (χ3n) is 3.99. The lowest BCUT2D eigenvalue weighted by molar-refractivity contribution is 0.112. The monoisotopic (exact) mass is 244 g/mol. The van der Waals surface area contributed by atoms with Gasteiger partial charge < -0.3 is 4.90 Å². The van der Waals surface area contributed by atoms with Crippen LogP contribution in [0.3, 0.4) is 0 Å². The summed E-state index contributed by atoms with van der Waals surface area (Å²) in [7, 11) is 0. The van der Waals surface area contributed by atoms with Gasteiger partial charge in [-0.2, -0.15) is 0 Å². The van der Waals surface area contributed by atoms with Crippen molar-refractivity contribution in [1.29, 1.82) is 0 Å². The number of nitrogens with zero attached hydrogens (tertiary/aromatic N) is 2. The first kappa shape index (κ1) is 11.7. The van der Waals surface area contributed by atoms with Crippen molar-refractivity contribution in [3.05, 3.63) is 29.8 Å². The number of carbonyl (C=O) groups excluding carboxylic acids is 1. The van der Waals surface area contributed by atoms with Crippen molar-refractivity contribution < 1.29 is 4.79 Å². The van der Waals surface area contributed by atoms with Gasteiger partial charge in [-0.25, -0.2) is 0 Å². The van der Waals surface area contributed by atoms with Crippen molar-refractivity contribution >= 4 is 12.0 Å². The van der Waals surface area contributed by atoms with Gasteiger partial charge in [-0.3, -0.25) is 9.69 Å². The Morgan fingerprint density at radius 2 is 1.83 bits per heavy atom. The largest absolute Gasteiger partial charge is 0.368 e. The van der Waals surface area contributed by atoms with E-state index in [0.717, 1.165) is 49.6 Å². The van der Waals surface area contributed by atoms with Gasteiger partial charge in [-0.15, -0.1) is 0 Å². The van der Waals surface area contributed by atoms with Crippen molar-refractivity contribution in [2.45, 2.75) is 12.8 Å². The lowest BCUT2D eigenvalue weighted by atomic mass is 10.1. The summed E-state index contributed by atoms with van der Waals surface area (Å²) in [6.45, 7) is 5.62. The molecule has 0 radical (unpaired) electrons. The van der Waals surface area contributed by atoms with E-state index in [0.29, 0.717) is 0 Å². The van der Waals surface area contributed by atoms with E-state index in [9.17, 15) is 4.79 Å². The summed E-state index contributed by atoms with van der Waals surface area (Å²) < 4.78 is 0. The quantitative estimate of drug-likeness (QED) is 0.757. The van der Waals surface area contributed by atoms with Gasteiger partial charge in [0.2, 0.25) is 0 Å². The summed E-state index contributed by atoms with van der Waals surface area (Å²) >= 11 is 0. The first-order chi connectivity index (χ1) is 8.86. The predicted octanol–water partition coefficient (Wildman–Crippen LogP) is 2.03. The average molecular weight is 244 g/mol. The number of carbonyl (C=O) groups is 1. The Morgan fingerprint density at radius 1 is 1.11 bits per heavy atom. The molecule has 18 heavy (non-hydrogen) atoms. The molecule has 96 valence electrons. The molecule has 1 aromatic carbocycles. The van der Waals surface area contributed by atoms with E-state index in [1.54, 1.807) is 0 Å². The Hall–Kier alpha value is -1.35. The first-order valence-corrected chi connectivity index (χ1v) is 6.88. The van der Waals surface area contributed by atoms with Gasteiger partial charge in [0.05, 0.1) is 0 Å². The van der Waals surface area contributed by atoms with Crippen LogP contribution >= 0.6 is 0 Å². The number of anilines is 1. The van der Waals surface area contributed by atoms with Gasteiger partial charge in [-0.05, 0) is 30.9 Å². The van der Waals surface area contributed by atoms with E-state index >= 15 is 0 Å². The number of piperazine rings is 1. The first-order valence-electron chi connectivity index (χ1n) is 6.88. The lowest BCUT2D eigenvalue weighted by Gasteiger charge is -2.36. The number of aldehydes is 1. The molecule has 1 aliphatic heterocycles. The minimum absolute atomic E-state index is 0.813. The molecular weight excluding hydrogens is 224 g/mol. The Balaban J connectivity index is 1.62. The molecule has 1 aromatic rings. The van der Waals surface area contributed by atoms with Gasteiger partial charge >= 0.3 is 0 Å². The second-order valence-corrected chi connectivity index (χ2v) is 5.41. The van der Waals surface area contributed by atoms with E-state index in [1.807, 2.05) is 18.2 Å². The number of rotatable bonds is 4. The molecule has 0 aromatic heterocycles. The highest BCUT2D eigenvalue weighted by Gasteiger charge is 2.26. The molecule has 0 spiro atoms. The maximum absolute atomic E-state index is 11.1. The van der Waals surface area contributed by atoms with Crippen LogP contribution in [-0.2, 0) is 0 Å². The minimum Gasteiger partial charge on any atom is -0.368 e. The van der Waals surface area contributed by atoms with E-state index in [4.69, 9.17) is 0 Å². The molecule has 3 heteroatoms. The van der Waals surface area contributed by atoms with Crippen LogP contribution in [0.5, 0.6) is 0 Å². The second-order valence-electron chi connectivity index (χ2n) is 5.41. The standard InChI is InChI=1S/C15H20N2O/c18-12-14-3-1-2-4-15(14)17-9-7-16(8-10-17)11-13-5-6-13/h1-4,12-13H,5-11H2. The molecule has 0 N–H and O–H groups in total. The smallest absolute Gasteiger partial charge is 0.152 e. The van der Waals surface area contributed by atoms with Crippen LogP contribution in [0.4, 0.5) is 5.69 Å². The normalized spacial score (nSPS) is 21.0. The maximum atomic E-state index is 11.1. The van der Waals surface area contributed by atoms with Crippen LogP contribution in [0.1, 0.15) is 23.2 Å². The van der Waals surface area contributed by atoms with Gasteiger partial charge in [0.25, 0.3) is 0 Å². The highest BCUT2D eigenvalue weighted by atomic mass is 16.1. The second kappa shape index (κ2) is 5.11. The third-order valence-corrected chi connectivity index (χ3v) is 3.99. The summed E-state index contributed by atoms with van der Waals surface area (Å²) in [5, 5.41) is 0. The van der Waals surface area contributed by atoms with Crippen molar-refractivity contribution in [1.82, 2.24) is 4.90 Å². The van der Waals surface area contributed by atoms with E-state index in [2.05, 4.69) is 15.9 Å². The van der Waals surface area contributed by atoms with Crippen LogP contribution in [0.25, 0.3) is 0 Å². The van der Waals surface area contributed by atoms with Crippen molar-refractivity contribution in [3.8, 4) is 0 Å². The Kier molecular flexibility index (Phi) is 3.33. The molecule has 0 atom stereocenters. The van der Waals surface area contributed by atoms with Crippen LogP contribution < -0.4 is 4.90 Å². The molecule has 3 rings (SSSR count). The van der Waals surface area contributed by atoms with Crippen molar-refractivity contribution in [2.75, 3.05) is 37.6 Å². The Morgan fingerprint density at radius 3 is 2.50 bits per heavy atom. The molecule has 1 aliphatic carbocycles. The fourth-order valence-corrected chi connectivity index (χ4v) is 2.71. The lowest BCUT2D eigenvalue weighted by Crippen LogP contribution is -2.47. The third kappa shape index (κ3) is 2.56. The molecule has 2 fully saturated rings. The van der Waals surface area contributed by atoms with E-state index in [1.165, 1.54) is 19.4 Å². The molecule has 0 unspecified atom stereocenters. The zero-order valence-electron chi connectivity index (χ0n) is 10.7. The predicted molar refractivity (Wildman–Crippen MR) is 73.2 cm³/mol. The summed E-state index contributed by atoms with van der Waals surface area (Å²) in [6.07, 6.45) is 3.81. The zero-order chi connectivity index (χ0) is 12.4. The van der Waals surface area contributed by atoms with Crippen LogP contribution in [0, 0.1) is 5.92 Å². The van der Waals surface area contributed by atoms with Gasteiger partial charge in [0, 0.05) is 44.0 Å². The van der Waals surface area contributed by atoms with Crippen LogP contribution in [0.2, 0.25) is 0 Å². The van der Waals surface area contributed by atoms with Crippen LogP contribution in [-0.4, -0.2) is 43.9 Å². The van der Waals surface area contributed by atoms with Crippen molar-refractivity contribution in [3.63, 3.8) is 0 Å². The summed E-state index contributed by atoms with van der Waals surface area (Å²) in [6, 6.07) is 7.90. The summed E-state index contributed by atoms with van der Waals surface area (Å²) in [5.41, 5.74) is 1.91. The fraction of sp³-hybridized carbons (Fsp3) is 0.533. The minimum atomic E-state index is 0.813. The SMILES string of the molecule is O=Cc1ccccc1N1CCN(CC2CC2)CC1. The van der Waals surface area contributed by atoms with E-state index < -0.39 is 0 Å². The van der Waals surface area contributed by atoms with Gasteiger partial charge in [0.1, 0.15) is 0 Å². The molecule has 1 saturated heterocycles. The molecule has 0 bridgehead atoms. The summed E-state index contributed by atoms with van der Waals surface area (Å²) in [5.74, 6) is 0.971. The molecule has 3 nitrogen and oxygen atoms in total. The Labute approximate surface area is 108 Å². The van der Waals surface area contributed by atoms with Gasteiger partial charge in [-0.1, -0.05) is 12.1 Å². The highest BCUT2D eigenvalue weighted by molar-refractivity contribution is 5.84. The topological polar surface area (TPSA) is 23.6 Å². The molecule has 0 amide bonds. The number of hydrogen-bond donors (Lipinski definition) is 0. The highest BCUT2D eigenvalue weighted by Crippen LogP contribution is 2.30. The van der Waals surface area contributed by atoms with Crippen LogP contribution in [0.15, 0.2) is 24.3 Å². The average Bonchev–Trinajstić information content (AvgIpc) is 3.24. The van der Waals surface area contributed by atoms with Crippen molar-refractivity contribution in [2.24, 2.45) is 5.92 Å². The zero-order valence-corrected chi connectivity index (χ0v) is 10.7. The molecular formula is C15H20N2O. The summed E-state index contributed by atoms with van der Waals surface area (Å²) in [4.78, 5) is 16.0. The fourth-order valence-electron chi connectivity index (χ4n) is 2.71. The molecule has 1 saturated carbocycles. The number of benzene rings is 1. The number of hydrogen-bond acceptors (Lipinski definition) is 3.